The van der Waals surface area contributed by atoms with Gasteiger partial charge in [0.1, 0.15) is 5.75 Å². The number of nitrogens with one attached hydrogen (secondary N) is 1. The maximum absolute atomic E-state index is 12.3. The Morgan fingerprint density at radius 3 is 2.91 bits per heavy atom. The van der Waals surface area contributed by atoms with Crippen molar-refractivity contribution in [2.45, 2.75) is 24.5 Å². The Labute approximate surface area is 127 Å². The first-order valence-corrected chi connectivity index (χ1v) is 7.02. The van der Waals surface area contributed by atoms with Gasteiger partial charge in [0.2, 0.25) is 0 Å². The van der Waals surface area contributed by atoms with Crippen molar-refractivity contribution in [2.75, 3.05) is 25.6 Å². The predicted molar refractivity (Wildman–Crippen MR) is 76.2 cm³/mol. The maximum Gasteiger partial charge on any atom is 0.335 e. The molecule has 22 heavy (non-hydrogen) atoms. The van der Waals surface area contributed by atoms with Crippen LogP contribution in [0.25, 0.3) is 0 Å². The highest BCUT2D eigenvalue weighted by molar-refractivity contribution is 6.02. The molecule has 7 nitrogen and oxygen atoms in total. The van der Waals surface area contributed by atoms with Crippen LogP contribution in [0.3, 0.4) is 0 Å². The van der Waals surface area contributed by atoms with Crippen LogP contribution in [-0.4, -0.2) is 49.0 Å². The molecule has 7 heteroatoms. The number of carboxylic acid groups (broad SMARTS) is 1. The van der Waals surface area contributed by atoms with Gasteiger partial charge in [-0.3, -0.25) is 4.79 Å². The largest absolute Gasteiger partial charge is 0.478 e. The number of carbonyl (C=O) groups is 2. The van der Waals surface area contributed by atoms with E-state index in [1.54, 1.807) is 13.2 Å². The predicted octanol–water partition coefficient (Wildman–Crippen LogP) is 1.28. The molecule has 0 bridgehead atoms. The first kappa shape index (κ1) is 14.8. The van der Waals surface area contributed by atoms with E-state index in [1.807, 2.05) is 0 Å². The lowest BCUT2D eigenvalue weighted by atomic mass is 9.75. The van der Waals surface area contributed by atoms with E-state index in [2.05, 4.69) is 5.32 Å². The Kier molecular flexibility index (Phi) is 3.76. The lowest BCUT2D eigenvalue weighted by molar-refractivity contribution is -0.161. The summed E-state index contributed by atoms with van der Waals surface area (Å²) in [6.45, 7) is 0.995. The summed E-state index contributed by atoms with van der Waals surface area (Å²) in [7, 11) is 1.60. The van der Waals surface area contributed by atoms with Crippen LogP contribution < -0.4 is 10.1 Å². The third-order valence-electron chi connectivity index (χ3n) is 3.95. The molecule has 1 aliphatic heterocycles. The van der Waals surface area contributed by atoms with Gasteiger partial charge < -0.3 is 24.6 Å². The number of hydrogen-bond donors (Lipinski definition) is 2. The molecule has 1 amide bonds. The van der Waals surface area contributed by atoms with Crippen LogP contribution in [0.1, 0.15) is 23.2 Å². The molecular weight excluding hydrogens is 290 g/mol. The molecular formula is C15H17NO6. The summed E-state index contributed by atoms with van der Waals surface area (Å²) in [5, 5.41) is 11.7. The van der Waals surface area contributed by atoms with E-state index in [1.165, 1.54) is 12.1 Å². The summed E-state index contributed by atoms with van der Waals surface area (Å²) in [6, 6.07) is 4.42. The molecule has 118 valence electrons. The van der Waals surface area contributed by atoms with Crippen LogP contribution in [0.2, 0.25) is 0 Å². The quantitative estimate of drug-likeness (QED) is 0.796. The Balaban J connectivity index is 1.68. The topological polar surface area (TPSA) is 94.1 Å². The number of fused-ring (bicyclic) bond motifs is 1. The molecule has 1 aromatic rings. The molecule has 0 unspecified atom stereocenters. The molecule has 1 aliphatic carbocycles. The summed E-state index contributed by atoms with van der Waals surface area (Å²) >= 11 is 0. The number of hydrogen-bond acceptors (Lipinski definition) is 5. The zero-order valence-corrected chi connectivity index (χ0v) is 12.1. The van der Waals surface area contributed by atoms with Gasteiger partial charge in [-0.15, -0.1) is 0 Å². The molecule has 2 aliphatic rings. The summed E-state index contributed by atoms with van der Waals surface area (Å²) in [6.07, 6.45) is 0.923. The lowest BCUT2D eigenvalue weighted by Gasteiger charge is -2.47. The Morgan fingerprint density at radius 2 is 2.23 bits per heavy atom. The van der Waals surface area contributed by atoms with Crippen LogP contribution in [0.15, 0.2) is 18.2 Å². The average molecular weight is 307 g/mol. The zero-order valence-electron chi connectivity index (χ0n) is 12.1. The second-order valence-electron chi connectivity index (χ2n) is 5.46. The fraction of sp³-hybridized carbons (Fsp3) is 0.467. The number of amides is 1. The molecule has 0 saturated heterocycles. The van der Waals surface area contributed by atoms with E-state index in [-0.39, 0.29) is 17.6 Å². The zero-order chi connectivity index (χ0) is 15.7. The molecule has 2 N–H and O–H groups in total. The van der Waals surface area contributed by atoms with Gasteiger partial charge in [-0.05, 0) is 18.2 Å². The molecule has 0 radical (unpaired) electrons. The number of ether oxygens (including phenoxy) is 3. The number of aromatic carboxylic acids is 1. The maximum atomic E-state index is 12.3. The van der Waals surface area contributed by atoms with Crippen molar-refractivity contribution in [3.05, 3.63) is 23.8 Å². The van der Waals surface area contributed by atoms with E-state index in [9.17, 15) is 9.59 Å². The van der Waals surface area contributed by atoms with Gasteiger partial charge in [-0.1, -0.05) is 0 Å². The molecule has 1 spiro atoms. The van der Waals surface area contributed by atoms with E-state index in [4.69, 9.17) is 19.3 Å². The standard InChI is InChI=1S/C15H17NO6/c1-20-4-5-21-10-7-15(8-10)14(19)16-11-6-9(13(17)18)2-3-12(11)22-15/h2-3,6,10H,4-5,7-8H2,1H3,(H,16,19)(H,17,18). The van der Waals surface area contributed by atoms with Crippen molar-refractivity contribution in [2.24, 2.45) is 0 Å². The fourth-order valence-corrected chi connectivity index (χ4v) is 2.70. The van der Waals surface area contributed by atoms with Crippen molar-refractivity contribution >= 4 is 17.6 Å². The summed E-state index contributed by atoms with van der Waals surface area (Å²) < 4.78 is 16.3. The van der Waals surface area contributed by atoms with Crippen LogP contribution in [-0.2, 0) is 14.3 Å². The number of benzene rings is 1. The van der Waals surface area contributed by atoms with Gasteiger partial charge >= 0.3 is 5.97 Å². The SMILES string of the molecule is COCCOC1CC2(C1)Oc1ccc(C(=O)O)cc1NC2=O. The second-order valence-corrected chi connectivity index (χ2v) is 5.46. The Morgan fingerprint density at radius 1 is 1.45 bits per heavy atom. The Hall–Kier alpha value is -2.12. The van der Waals surface area contributed by atoms with Crippen molar-refractivity contribution in [3.63, 3.8) is 0 Å². The average Bonchev–Trinajstić information content (AvgIpc) is 2.45. The van der Waals surface area contributed by atoms with Gasteiger partial charge in [0, 0.05) is 20.0 Å². The van der Waals surface area contributed by atoms with Crippen LogP contribution in [0.5, 0.6) is 5.75 Å². The summed E-state index contributed by atoms with van der Waals surface area (Å²) in [4.78, 5) is 23.2. The molecule has 0 atom stereocenters. The van der Waals surface area contributed by atoms with Gasteiger partial charge in [0.05, 0.1) is 30.6 Å². The minimum Gasteiger partial charge on any atom is -0.478 e. The first-order chi connectivity index (χ1) is 10.5. The number of rotatable bonds is 5. The van der Waals surface area contributed by atoms with E-state index in [0.29, 0.717) is 37.5 Å². The van der Waals surface area contributed by atoms with E-state index in [0.717, 1.165) is 0 Å². The van der Waals surface area contributed by atoms with Crippen LogP contribution >= 0.6 is 0 Å². The van der Waals surface area contributed by atoms with Gasteiger partial charge in [-0.2, -0.15) is 0 Å². The molecule has 1 saturated carbocycles. The normalized spacial score (nSPS) is 25.9. The minimum atomic E-state index is -1.05. The molecule has 0 aromatic heterocycles. The lowest BCUT2D eigenvalue weighted by Crippen LogP contribution is -2.61. The second kappa shape index (κ2) is 5.58. The molecule has 1 fully saturated rings. The molecule has 3 rings (SSSR count). The highest BCUT2D eigenvalue weighted by atomic mass is 16.5. The van der Waals surface area contributed by atoms with Crippen molar-refractivity contribution < 1.29 is 28.9 Å². The number of carboxylic acids is 1. The fourth-order valence-electron chi connectivity index (χ4n) is 2.70. The Bertz CT molecular complexity index is 608. The number of anilines is 1. The van der Waals surface area contributed by atoms with Gasteiger partial charge in [-0.25, -0.2) is 4.79 Å². The highest BCUT2D eigenvalue weighted by Gasteiger charge is 2.55. The molecule has 1 heterocycles. The number of carbonyl (C=O) groups excluding carboxylic acids is 1. The molecule has 1 aromatic carbocycles. The van der Waals surface area contributed by atoms with Crippen LogP contribution in [0.4, 0.5) is 5.69 Å². The number of methoxy groups -OCH3 is 1. The monoisotopic (exact) mass is 307 g/mol. The van der Waals surface area contributed by atoms with Gasteiger partial charge in [0.15, 0.2) is 5.60 Å². The minimum absolute atomic E-state index is 0.0271. The van der Waals surface area contributed by atoms with Crippen molar-refractivity contribution in [1.29, 1.82) is 0 Å². The summed E-state index contributed by atoms with van der Waals surface area (Å²) in [5.74, 6) is -0.818. The summed E-state index contributed by atoms with van der Waals surface area (Å²) in [5.41, 5.74) is -0.414. The smallest absolute Gasteiger partial charge is 0.335 e. The highest BCUT2D eigenvalue weighted by Crippen LogP contribution is 2.45. The third-order valence-corrected chi connectivity index (χ3v) is 3.95. The van der Waals surface area contributed by atoms with Crippen molar-refractivity contribution in [3.8, 4) is 5.75 Å². The third kappa shape index (κ3) is 2.53. The van der Waals surface area contributed by atoms with Crippen molar-refractivity contribution in [1.82, 2.24) is 0 Å². The van der Waals surface area contributed by atoms with E-state index < -0.39 is 11.6 Å². The first-order valence-electron chi connectivity index (χ1n) is 7.02. The van der Waals surface area contributed by atoms with Gasteiger partial charge in [0.25, 0.3) is 5.91 Å². The van der Waals surface area contributed by atoms with E-state index >= 15 is 0 Å². The van der Waals surface area contributed by atoms with Crippen LogP contribution in [0, 0.1) is 0 Å².